The second-order valence-electron chi connectivity index (χ2n) is 4.66. The van der Waals surface area contributed by atoms with Gasteiger partial charge in [-0.15, -0.1) is 0 Å². The van der Waals surface area contributed by atoms with Gasteiger partial charge in [0.25, 0.3) is 0 Å². The van der Waals surface area contributed by atoms with Crippen molar-refractivity contribution in [2.24, 2.45) is 0 Å². The molecule has 0 heterocycles. The molecule has 2 N–H and O–H groups in total. The lowest BCUT2D eigenvalue weighted by molar-refractivity contribution is 0.156. The van der Waals surface area contributed by atoms with Gasteiger partial charge < -0.3 is 19.5 Å². The summed E-state index contributed by atoms with van der Waals surface area (Å²) in [4.78, 5) is 0. The van der Waals surface area contributed by atoms with Crippen molar-refractivity contribution in [3.63, 3.8) is 0 Å². The second-order valence-corrected chi connectivity index (χ2v) is 4.66. The van der Waals surface area contributed by atoms with Gasteiger partial charge in [-0.1, -0.05) is 6.42 Å². The fourth-order valence-electron chi connectivity index (χ4n) is 2.33. The van der Waals surface area contributed by atoms with Crippen molar-refractivity contribution in [3.8, 4) is 11.5 Å². The maximum absolute atomic E-state index is 9.37. The second kappa shape index (κ2) is 6.11. The first kappa shape index (κ1) is 13.2. The van der Waals surface area contributed by atoms with Crippen molar-refractivity contribution in [1.29, 1.82) is 0 Å². The molecule has 5 heteroatoms. The van der Waals surface area contributed by atoms with Gasteiger partial charge in [0.2, 0.25) is 0 Å². The normalized spacial score (nSPS) is 16.4. The van der Waals surface area contributed by atoms with Crippen molar-refractivity contribution >= 4 is 12.6 Å². The number of methoxy groups -OCH3 is 1. The number of rotatable bonds is 4. The van der Waals surface area contributed by atoms with Crippen molar-refractivity contribution in [2.75, 3.05) is 7.11 Å². The zero-order valence-corrected chi connectivity index (χ0v) is 10.6. The Morgan fingerprint density at radius 3 is 2.50 bits per heavy atom. The number of benzene rings is 1. The average molecular weight is 250 g/mol. The van der Waals surface area contributed by atoms with Crippen LogP contribution in [0.3, 0.4) is 0 Å². The molecule has 18 heavy (non-hydrogen) atoms. The van der Waals surface area contributed by atoms with Crippen LogP contribution >= 0.6 is 0 Å². The molecule has 1 aliphatic carbocycles. The SMILES string of the molecule is COc1ccc(OC2CCCCC2)c(B(O)O)c1. The van der Waals surface area contributed by atoms with Gasteiger partial charge in [0, 0.05) is 5.46 Å². The minimum absolute atomic E-state index is 0.185. The van der Waals surface area contributed by atoms with Crippen LogP contribution in [0.1, 0.15) is 32.1 Å². The topological polar surface area (TPSA) is 58.9 Å². The molecule has 98 valence electrons. The highest BCUT2D eigenvalue weighted by Crippen LogP contribution is 2.24. The van der Waals surface area contributed by atoms with Gasteiger partial charge >= 0.3 is 7.12 Å². The van der Waals surface area contributed by atoms with Crippen LogP contribution in [0.2, 0.25) is 0 Å². The molecular formula is C13H19BO4. The van der Waals surface area contributed by atoms with E-state index in [-0.39, 0.29) is 6.10 Å². The maximum Gasteiger partial charge on any atom is 0.492 e. The molecular weight excluding hydrogens is 231 g/mol. The van der Waals surface area contributed by atoms with Crippen LogP contribution in [-0.2, 0) is 0 Å². The molecule has 1 aliphatic rings. The average Bonchev–Trinajstić information content (AvgIpc) is 2.40. The van der Waals surface area contributed by atoms with E-state index in [4.69, 9.17) is 9.47 Å². The van der Waals surface area contributed by atoms with E-state index < -0.39 is 7.12 Å². The lowest BCUT2D eigenvalue weighted by Crippen LogP contribution is -2.33. The lowest BCUT2D eigenvalue weighted by atomic mass is 9.79. The van der Waals surface area contributed by atoms with Gasteiger partial charge in [0.15, 0.2) is 0 Å². The third kappa shape index (κ3) is 3.18. The molecule has 0 aliphatic heterocycles. The first-order valence-corrected chi connectivity index (χ1v) is 6.41. The van der Waals surface area contributed by atoms with E-state index in [2.05, 4.69) is 0 Å². The zero-order chi connectivity index (χ0) is 13.0. The van der Waals surface area contributed by atoms with Gasteiger partial charge in [0.1, 0.15) is 11.5 Å². The highest BCUT2D eigenvalue weighted by Gasteiger charge is 2.22. The Bertz CT molecular complexity index is 389. The van der Waals surface area contributed by atoms with Crippen LogP contribution in [0.4, 0.5) is 0 Å². The van der Waals surface area contributed by atoms with E-state index in [1.54, 1.807) is 25.3 Å². The van der Waals surface area contributed by atoms with E-state index in [1.807, 2.05) is 0 Å². The Morgan fingerprint density at radius 1 is 1.17 bits per heavy atom. The summed E-state index contributed by atoms with van der Waals surface area (Å²) in [5.41, 5.74) is 0.361. The molecule has 2 rings (SSSR count). The molecule has 1 aromatic rings. The summed E-state index contributed by atoms with van der Waals surface area (Å²) in [7, 11) is 0.00329. The molecule has 0 radical (unpaired) electrons. The minimum Gasteiger partial charge on any atom is -0.497 e. The van der Waals surface area contributed by atoms with Crippen molar-refractivity contribution in [2.45, 2.75) is 38.2 Å². The summed E-state index contributed by atoms with van der Waals surface area (Å²) in [6.45, 7) is 0. The molecule has 0 unspecified atom stereocenters. The Morgan fingerprint density at radius 2 is 1.89 bits per heavy atom. The first-order chi connectivity index (χ1) is 8.70. The summed E-state index contributed by atoms with van der Waals surface area (Å²) in [6, 6.07) is 5.11. The highest BCUT2D eigenvalue weighted by atomic mass is 16.5. The van der Waals surface area contributed by atoms with E-state index in [1.165, 1.54) is 19.3 Å². The van der Waals surface area contributed by atoms with E-state index in [0.717, 1.165) is 12.8 Å². The molecule has 0 bridgehead atoms. The van der Waals surface area contributed by atoms with Gasteiger partial charge in [-0.25, -0.2) is 0 Å². The van der Waals surface area contributed by atoms with Crippen LogP contribution < -0.4 is 14.9 Å². The smallest absolute Gasteiger partial charge is 0.492 e. The van der Waals surface area contributed by atoms with Gasteiger partial charge in [0.05, 0.1) is 13.2 Å². The Kier molecular flexibility index (Phi) is 4.50. The molecule has 1 saturated carbocycles. The van der Waals surface area contributed by atoms with Crippen LogP contribution in [0, 0.1) is 0 Å². The maximum atomic E-state index is 9.37. The molecule has 0 saturated heterocycles. The third-order valence-electron chi connectivity index (χ3n) is 3.34. The summed E-state index contributed by atoms with van der Waals surface area (Å²) in [6.07, 6.45) is 5.87. The van der Waals surface area contributed by atoms with Gasteiger partial charge in [-0.2, -0.15) is 0 Å². The molecule has 4 nitrogen and oxygen atoms in total. The van der Waals surface area contributed by atoms with Crippen LogP contribution in [0.5, 0.6) is 11.5 Å². The lowest BCUT2D eigenvalue weighted by Gasteiger charge is -2.24. The highest BCUT2D eigenvalue weighted by molar-refractivity contribution is 6.59. The predicted molar refractivity (Wildman–Crippen MR) is 70.3 cm³/mol. The molecule has 1 aromatic carbocycles. The summed E-state index contributed by atoms with van der Waals surface area (Å²) < 4.78 is 10.9. The van der Waals surface area contributed by atoms with Crippen LogP contribution in [0.25, 0.3) is 0 Å². The summed E-state index contributed by atoms with van der Waals surface area (Å²) >= 11 is 0. The van der Waals surface area contributed by atoms with E-state index in [0.29, 0.717) is 17.0 Å². The number of hydrogen-bond acceptors (Lipinski definition) is 4. The Balaban J connectivity index is 2.15. The minimum atomic E-state index is -1.54. The Hall–Kier alpha value is -1.20. The molecule has 1 fully saturated rings. The zero-order valence-electron chi connectivity index (χ0n) is 10.6. The number of hydrogen-bond donors (Lipinski definition) is 2. The summed E-state index contributed by atoms with van der Waals surface area (Å²) in [5.74, 6) is 1.13. The third-order valence-corrected chi connectivity index (χ3v) is 3.34. The molecule has 0 atom stereocenters. The Labute approximate surface area is 108 Å². The summed E-state index contributed by atoms with van der Waals surface area (Å²) in [5, 5.41) is 18.7. The molecule has 0 amide bonds. The largest absolute Gasteiger partial charge is 0.497 e. The standard InChI is InChI=1S/C13H19BO4/c1-17-11-7-8-13(12(9-11)14(15)16)18-10-5-3-2-4-6-10/h7-10,15-16H,2-6H2,1H3. The monoisotopic (exact) mass is 250 g/mol. The van der Waals surface area contributed by atoms with E-state index in [9.17, 15) is 10.0 Å². The van der Waals surface area contributed by atoms with Crippen molar-refractivity contribution in [1.82, 2.24) is 0 Å². The number of ether oxygens (including phenoxy) is 2. The van der Waals surface area contributed by atoms with Crippen molar-refractivity contribution < 1.29 is 19.5 Å². The van der Waals surface area contributed by atoms with Crippen molar-refractivity contribution in [3.05, 3.63) is 18.2 Å². The molecule has 0 spiro atoms. The molecule has 0 aromatic heterocycles. The fraction of sp³-hybridized carbons (Fsp3) is 0.538. The fourth-order valence-corrected chi connectivity index (χ4v) is 2.33. The quantitative estimate of drug-likeness (QED) is 0.785. The van der Waals surface area contributed by atoms with Crippen LogP contribution in [0.15, 0.2) is 18.2 Å². The van der Waals surface area contributed by atoms with Gasteiger partial charge in [-0.05, 0) is 43.9 Å². The first-order valence-electron chi connectivity index (χ1n) is 6.41. The van der Waals surface area contributed by atoms with Crippen LogP contribution in [-0.4, -0.2) is 30.4 Å². The van der Waals surface area contributed by atoms with E-state index >= 15 is 0 Å². The predicted octanol–water partition coefficient (Wildman–Crippen LogP) is 1.09. The van der Waals surface area contributed by atoms with Gasteiger partial charge in [-0.3, -0.25) is 0 Å².